The zero-order valence-corrected chi connectivity index (χ0v) is 14.2. The first-order chi connectivity index (χ1) is 10.00. The highest BCUT2D eigenvalue weighted by atomic mass is 16.5. The number of hydrogen-bond acceptors (Lipinski definition) is 4. The predicted molar refractivity (Wildman–Crippen MR) is 85.2 cm³/mol. The van der Waals surface area contributed by atoms with Crippen LogP contribution >= 0.6 is 0 Å². The monoisotopic (exact) mass is 296 g/mol. The average Bonchev–Trinajstić information content (AvgIpc) is 2.99. The summed E-state index contributed by atoms with van der Waals surface area (Å²) in [6.07, 6.45) is 5.03. The fraction of sp³-hybridized carbons (Fsp3) is 0.941. The third-order valence-electron chi connectivity index (χ3n) is 5.37. The van der Waals surface area contributed by atoms with E-state index in [9.17, 15) is 4.79 Å². The van der Waals surface area contributed by atoms with Gasteiger partial charge in [0.2, 0.25) is 0 Å². The van der Waals surface area contributed by atoms with Gasteiger partial charge in [0.15, 0.2) is 0 Å². The lowest BCUT2D eigenvalue weighted by Gasteiger charge is -2.34. The molecule has 1 heterocycles. The summed E-state index contributed by atoms with van der Waals surface area (Å²) < 4.78 is 5.28. The van der Waals surface area contributed by atoms with Crippen LogP contribution in [0.4, 0.5) is 0 Å². The largest absolute Gasteiger partial charge is 0.465 e. The van der Waals surface area contributed by atoms with E-state index in [1.54, 1.807) is 0 Å². The third kappa shape index (κ3) is 3.78. The second-order valence-corrected chi connectivity index (χ2v) is 7.04. The van der Waals surface area contributed by atoms with Gasteiger partial charge < -0.3 is 15.0 Å². The molecular formula is C17H32N2O2. The Morgan fingerprint density at radius 3 is 2.48 bits per heavy atom. The van der Waals surface area contributed by atoms with Crippen molar-refractivity contribution in [2.75, 3.05) is 26.2 Å². The van der Waals surface area contributed by atoms with Crippen LogP contribution < -0.4 is 5.32 Å². The number of nitrogens with one attached hydrogen (secondary N) is 1. The number of fused-ring (bicyclic) bond motifs is 1. The Kier molecular flexibility index (Phi) is 5.67. The van der Waals surface area contributed by atoms with Gasteiger partial charge in [0.25, 0.3) is 0 Å². The average molecular weight is 296 g/mol. The van der Waals surface area contributed by atoms with Crippen LogP contribution in [0.5, 0.6) is 0 Å². The molecule has 2 fully saturated rings. The molecule has 0 bridgehead atoms. The number of hydrogen-bond donors (Lipinski definition) is 1. The molecule has 0 aromatic heterocycles. The zero-order valence-electron chi connectivity index (χ0n) is 14.2. The molecule has 1 N–H and O–H groups in total. The minimum Gasteiger partial charge on any atom is -0.465 e. The van der Waals surface area contributed by atoms with Gasteiger partial charge in [-0.05, 0) is 58.4 Å². The number of carbonyl (C=O) groups excluding carboxylic acids is 1. The number of carbonyl (C=O) groups is 1. The summed E-state index contributed by atoms with van der Waals surface area (Å²) in [5, 5.41) is 3.35. The van der Waals surface area contributed by atoms with E-state index in [4.69, 9.17) is 4.74 Å². The first kappa shape index (κ1) is 16.8. The van der Waals surface area contributed by atoms with Crippen molar-refractivity contribution >= 4 is 5.97 Å². The second kappa shape index (κ2) is 7.10. The maximum absolute atomic E-state index is 12.3. The standard InChI is InChI=1S/C17H32N2O2/c1-5-18-17(4,16(20)21-6-2)10-13(3)19-11-14-8-7-9-15(14)12-19/h13-15,18H,5-12H2,1-4H3. The first-order valence-electron chi connectivity index (χ1n) is 8.66. The lowest BCUT2D eigenvalue weighted by molar-refractivity contribution is -0.151. The van der Waals surface area contributed by atoms with Gasteiger partial charge >= 0.3 is 5.97 Å². The minimum absolute atomic E-state index is 0.113. The Labute approximate surface area is 129 Å². The van der Waals surface area contributed by atoms with Crippen LogP contribution in [0.3, 0.4) is 0 Å². The Balaban J connectivity index is 1.94. The fourth-order valence-corrected chi connectivity index (χ4v) is 4.26. The smallest absolute Gasteiger partial charge is 0.326 e. The second-order valence-electron chi connectivity index (χ2n) is 7.04. The Morgan fingerprint density at radius 1 is 1.33 bits per heavy atom. The van der Waals surface area contributed by atoms with E-state index < -0.39 is 5.54 Å². The molecule has 1 aliphatic carbocycles. The molecule has 0 spiro atoms. The zero-order chi connectivity index (χ0) is 15.5. The molecule has 21 heavy (non-hydrogen) atoms. The van der Waals surface area contributed by atoms with Gasteiger partial charge in [0, 0.05) is 19.1 Å². The van der Waals surface area contributed by atoms with E-state index in [2.05, 4.69) is 17.1 Å². The number of likely N-dealkylation sites (tertiary alicyclic amines) is 1. The lowest BCUT2D eigenvalue weighted by atomic mass is 9.92. The van der Waals surface area contributed by atoms with Crippen LogP contribution in [-0.2, 0) is 9.53 Å². The van der Waals surface area contributed by atoms with E-state index >= 15 is 0 Å². The molecular weight excluding hydrogens is 264 g/mol. The molecule has 0 radical (unpaired) electrons. The van der Waals surface area contributed by atoms with Crippen LogP contribution in [0.25, 0.3) is 0 Å². The van der Waals surface area contributed by atoms with E-state index in [1.807, 2.05) is 20.8 Å². The molecule has 4 unspecified atom stereocenters. The van der Waals surface area contributed by atoms with Gasteiger partial charge in [-0.15, -0.1) is 0 Å². The van der Waals surface area contributed by atoms with Crippen molar-refractivity contribution in [1.82, 2.24) is 10.2 Å². The van der Waals surface area contributed by atoms with Crippen LogP contribution in [0.15, 0.2) is 0 Å². The van der Waals surface area contributed by atoms with Crippen molar-refractivity contribution in [1.29, 1.82) is 0 Å². The highest BCUT2D eigenvalue weighted by molar-refractivity contribution is 5.80. The van der Waals surface area contributed by atoms with Gasteiger partial charge in [-0.3, -0.25) is 4.79 Å². The Bertz CT molecular complexity index is 349. The molecule has 0 amide bonds. The molecule has 1 saturated carbocycles. The summed E-state index contributed by atoms with van der Waals surface area (Å²) in [5.41, 5.74) is -0.568. The van der Waals surface area contributed by atoms with E-state index in [-0.39, 0.29) is 5.97 Å². The molecule has 4 nitrogen and oxygen atoms in total. The molecule has 122 valence electrons. The number of esters is 1. The number of ether oxygens (including phenoxy) is 1. The normalized spacial score (nSPS) is 29.9. The molecule has 1 aliphatic heterocycles. The van der Waals surface area contributed by atoms with Crippen LogP contribution in [0, 0.1) is 11.8 Å². The summed E-state index contributed by atoms with van der Waals surface area (Å²) >= 11 is 0. The molecule has 2 aliphatic rings. The maximum atomic E-state index is 12.3. The molecule has 2 rings (SSSR count). The third-order valence-corrected chi connectivity index (χ3v) is 5.37. The Morgan fingerprint density at radius 2 is 1.95 bits per heavy atom. The van der Waals surface area contributed by atoms with Gasteiger partial charge in [-0.25, -0.2) is 0 Å². The number of nitrogens with zero attached hydrogens (tertiary/aromatic N) is 1. The van der Waals surface area contributed by atoms with Crippen molar-refractivity contribution in [3.63, 3.8) is 0 Å². The van der Waals surface area contributed by atoms with Crippen molar-refractivity contribution in [3.05, 3.63) is 0 Å². The van der Waals surface area contributed by atoms with E-state index in [1.165, 1.54) is 32.4 Å². The highest BCUT2D eigenvalue weighted by Crippen LogP contribution is 2.39. The van der Waals surface area contributed by atoms with Gasteiger partial charge in [0.1, 0.15) is 5.54 Å². The van der Waals surface area contributed by atoms with Gasteiger partial charge in [-0.2, -0.15) is 0 Å². The highest BCUT2D eigenvalue weighted by Gasteiger charge is 2.41. The predicted octanol–water partition coefficient (Wildman–Crippen LogP) is 2.43. The van der Waals surface area contributed by atoms with Crippen molar-refractivity contribution in [2.45, 2.75) is 65.0 Å². The van der Waals surface area contributed by atoms with E-state index in [0.29, 0.717) is 12.6 Å². The van der Waals surface area contributed by atoms with E-state index in [0.717, 1.165) is 24.8 Å². The van der Waals surface area contributed by atoms with Crippen LogP contribution in [0.2, 0.25) is 0 Å². The van der Waals surface area contributed by atoms with Gasteiger partial charge in [-0.1, -0.05) is 13.3 Å². The van der Waals surface area contributed by atoms with Crippen molar-refractivity contribution in [3.8, 4) is 0 Å². The molecule has 0 aromatic carbocycles. The minimum atomic E-state index is -0.568. The maximum Gasteiger partial charge on any atom is 0.326 e. The molecule has 1 saturated heterocycles. The number of rotatable bonds is 7. The van der Waals surface area contributed by atoms with Crippen molar-refractivity contribution < 1.29 is 9.53 Å². The quantitative estimate of drug-likeness (QED) is 0.733. The Hall–Kier alpha value is -0.610. The lowest BCUT2D eigenvalue weighted by Crippen LogP contribution is -2.54. The summed E-state index contributed by atoms with van der Waals surface area (Å²) in [7, 11) is 0. The van der Waals surface area contributed by atoms with Crippen LogP contribution in [0.1, 0.15) is 53.4 Å². The summed E-state index contributed by atoms with van der Waals surface area (Å²) in [6, 6.07) is 0.420. The SMILES string of the molecule is CCNC(C)(CC(C)N1CC2CCCC2C1)C(=O)OCC. The summed E-state index contributed by atoms with van der Waals surface area (Å²) in [4.78, 5) is 14.9. The fourth-order valence-electron chi connectivity index (χ4n) is 4.26. The molecule has 0 aromatic rings. The summed E-state index contributed by atoms with van der Waals surface area (Å²) in [5.74, 6) is 1.69. The molecule has 4 atom stereocenters. The van der Waals surface area contributed by atoms with Crippen molar-refractivity contribution in [2.24, 2.45) is 11.8 Å². The van der Waals surface area contributed by atoms with Gasteiger partial charge in [0.05, 0.1) is 6.61 Å². The number of likely N-dealkylation sites (N-methyl/N-ethyl adjacent to an activating group) is 1. The van der Waals surface area contributed by atoms with Crippen LogP contribution in [-0.4, -0.2) is 48.7 Å². The molecule has 4 heteroatoms. The topological polar surface area (TPSA) is 41.6 Å². The first-order valence-corrected chi connectivity index (χ1v) is 8.66. The summed E-state index contributed by atoms with van der Waals surface area (Å²) in [6.45, 7) is 11.8.